The second kappa shape index (κ2) is 3.89. The summed E-state index contributed by atoms with van der Waals surface area (Å²) in [4.78, 5) is 0. The standard InChI is InChI=1S/C13H16BrNO2/c1-8-11(13(7-15)2-3-13)9(14)6-10-12(8)17-5-4-16-10/h6H,2-5,7,15H2,1H3. The van der Waals surface area contributed by atoms with Crippen molar-refractivity contribution < 1.29 is 9.47 Å². The number of halogens is 1. The van der Waals surface area contributed by atoms with Crippen LogP contribution >= 0.6 is 15.9 Å². The third-order valence-electron chi connectivity index (χ3n) is 3.80. The fraction of sp³-hybridized carbons (Fsp3) is 0.538. The molecule has 0 aromatic heterocycles. The molecule has 1 aliphatic heterocycles. The maximum Gasteiger partial charge on any atom is 0.164 e. The van der Waals surface area contributed by atoms with Gasteiger partial charge in [-0.15, -0.1) is 0 Å². The normalized spacial score (nSPS) is 20.2. The summed E-state index contributed by atoms with van der Waals surface area (Å²) in [6.45, 7) is 4.06. The zero-order chi connectivity index (χ0) is 12.0. The summed E-state index contributed by atoms with van der Waals surface area (Å²) in [7, 11) is 0. The first-order chi connectivity index (χ1) is 8.18. The van der Waals surface area contributed by atoms with E-state index < -0.39 is 0 Å². The summed E-state index contributed by atoms with van der Waals surface area (Å²) in [6.07, 6.45) is 2.34. The zero-order valence-corrected chi connectivity index (χ0v) is 11.5. The van der Waals surface area contributed by atoms with Gasteiger partial charge in [-0.3, -0.25) is 0 Å². The van der Waals surface area contributed by atoms with Crippen LogP contribution in [0.1, 0.15) is 24.0 Å². The maximum atomic E-state index is 5.92. The Morgan fingerprint density at radius 2 is 2.06 bits per heavy atom. The minimum atomic E-state index is 0.165. The first kappa shape index (κ1) is 11.4. The molecule has 0 amide bonds. The van der Waals surface area contributed by atoms with Gasteiger partial charge >= 0.3 is 0 Å². The van der Waals surface area contributed by atoms with E-state index in [1.165, 1.54) is 24.0 Å². The zero-order valence-electron chi connectivity index (χ0n) is 9.88. The van der Waals surface area contributed by atoms with Gasteiger partial charge in [0.25, 0.3) is 0 Å². The summed E-state index contributed by atoms with van der Waals surface area (Å²) in [5, 5.41) is 0. The van der Waals surface area contributed by atoms with Gasteiger partial charge < -0.3 is 15.2 Å². The van der Waals surface area contributed by atoms with Crippen LogP contribution in [0.25, 0.3) is 0 Å². The van der Waals surface area contributed by atoms with Crippen LogP contribution in [0.3, 0.4) is 0 Å². The fourth-order valence-electron chi connectivity index (χ4n) is 2.67. The van der Waals surface area contributed by atoms with E-state index in [1.54, 1.807) is 0 Å². The smallest absolute Gasteiger partial charge is 0.164 e. The molecule has 92 valence electrons. The molecular formula is C13H16BrNO2. The van der Waals surface area contributed by atoms with E-state index in [2.05, 4.69) is 22.9 Å². The third kappa shape index (κ3) is 1.66. The summed E-state index contributed by atoms with van der Waals surface area (Å²) < 4.78 is 12.5. The van der Waals surface area contributed by atoms with Crippen LogP contribution in [0, 0.1) is 6.92 Å². The Morgan fingerprint density at radius 3 is 2.71 bits per heavy atom. The Hall–Kier alpha value is -0.740. The lowest BCUT2D eigenvalue weighted by atomic mass is 9.91. The van der Waals surface area contributed by atoms with Crippen LogP contribution in [0.5, 0.6) is 11.5 Å². The molecule has 2 aliphatic rings. The Kier molecular flexibility index (Phi) is 2.60. The first-order valence-electron chi connectivity index (χ1n) is 5.97. The lowest BCUT2D eigenvalue weighted by molar-refractivity contribution is 0.170. The highest BCUT2D eigenvalue weighted by molar-refractivity contribution is 9.10. The Labute approximate surface area is 109 Å². The second-order valence-corrected chi connectivity index (χ2v) is 5.72. The highest BCUT2D eigenvalue weighted by Crippen LogP contribution is 2.54. The van der Waals surface area contributed by atoms with E-state index in [4.69, 9.17) is 15.2 Å². The minimum absolute atomic E-state index is 0.165. The Balaban J connectivity index is 2.16. The van der Waals surface area contributed by atoms with Gasteiger partial charge in [-0.25, -0.2) is 0 Å². The molecule has 3 nitrogen and oxygen atoms in total. The van der Waals surface area contributed by atoms with E-state index in [1.807, 2.05) is 6.07 Å². The molecule has 0 radical (unpaired) electrons. The highest BCUT2D eigenvalue weighted by atomic mass is 79.9. The van der Waals surface area contributed by atoms with Crippen molar-refractivity contribution in [3.05, 3.63) is 21.7 Å². The predicted molar refractivity (Wildman–Crippen MR) is 69.8 cm³/mol. The fourth-order valence-corrected chi connectivity index (χ4v) is 3.60. The number of hydrogen-bond donors (Lipinski definition) is 1. The summed E-state index contributed by atoms with van der Waals surface area (Å²) in [6, 6.07) is 2.02. The first-order valence-corrected chi connectivity index (χ1v) is 6.76. The van der Waals surface area contributed by atoms with Gasteiger partial charge in [0, 0.05) is 16.4 Å². The molecule has 0 saturated heterocycles. The quantitative estimate of drug-likeness (QED) is 0.912. The number of benzene rings is 1. The molecule has 1 aliphatic carbocycles. The number of fused-ring (bicyclic) bond motifs is 1. The van der Waals surface area contributed by atoms with Crippen molar-refractivity contribution >= 4 is 15.9 Å². The van der Waals surface area contributed by atoms with E-state index in [0.717, 1.165) is 16.0 Å². The average molecular weight is 298 g/mol. The lowest BCUT2D eigenvalue weighted by Crippen LogP contribution is -2.23. The van der Waals surface area contributed by atoms with Crippen molar-refractivity contribution in [3.63, 3.8) is 0 Å². The molecule has 1 heterocycles. The molecule has 1 aromatic carbocycles. The van der Waals surface area contributed by atoms with Crippen molar-refractivity contribution in [2.45, 2.75) is 25.2 Å². The van der Waals surface area contributed by atoms with Crippen molar-refractivity contribution in [2.24, 2.45) is 5.73 Å². The van der Waals surface area contributed by atoms with Gasteiger partial charge in [-0.2, -0.15) is 0 Å². The molecule has 4 heteroatoms. The van der Waals surface area contributed by atoms with Crippen LogP contribution in [0.4, 0.5) is 0 Å². The molecule has 0 atom stereocenters. The lowest BCUT2D eigenvalue weighted by Gasteiger charge is -2.25. The highest BCUT2D eigenvalue weighted by Gasteiger charge is 2.46. The molecular weight excluding hydrogens is 282 g/mol. The van der Waals surface area contributed by atoms with E-state index in [0.29, 0.717) is 19.8 Å². The van der Waals surface area contributed by atoms with Crippen LogP contribution < -0.4 is 15.2 Å². The van der Waals surface area contributed by atoms with Crippen LogP contribution in [0.15, 0.2) is 10.5 Å². The SMILES string of the molecule is Cc1c2c(cc(Br)c1C1(CN)CC1)OCCO2. The number of hydrogen-bond acceptors (Lipinski definition) is 3. The van der Waals surface area contributed by atoms with Gasteiger partial charge in [0.15, 0.2) is 11.5 Å². The Morgan fingerprint density at radius 1 is 1.35 bits per heavy atom. The van der Waals surface area contributed by atoms with Gasteiger partial charge in [0.2, 0.25) is 0 Å². The summed E-state index contributed by atoms with van der Waals surface area (Å²) >= 11 is 3.65. The molecule has 0 spiro atoms. The molecule has 1 saturated carbocycles. The minimum Gasteiger partial charge on any atom is -0.486 e. The average Bonchev–Trinajstić information content (AvgIpc) is 3.10. The van der Waals surface area contributed by atoms with Crippen LogP contribution in [0.2, 0.25) is 0 Å². The van der Waals surface area contributed by atoms with Gasteiger partial charge in [0.1, 0.15) is 13.2 Å². The molecule has 2 N–H and O–H groups in total. The molecule has 1 aromatic rings. The van der Waals surface area contributed by atoms with Gasteiger partial charge in [0.05, 0.1) is 0 Å². The van der Waals surface area contributed by atoms with E-state index in [-0.39, 0.29) is 5.41 Å². The third-order valence-corrected chi connectivity index (χ3v) is 4.42. The van der Waals surface area contributed by atoms with Crippen molar-refractivity contribution in [2.75, 3.05) is 19.8 Å². The summed E-state index contributed by atoms with van der Waals surface area (Å²) in [5.74, 6) is 1.74. The molecule has 0 bridgehead atoms. The van der Waals surface area contributed by atoms with Gasteiger partial charge in [-0.05, 0) is 37.0 Å². The van der Waals surface area contributed by atoms with Crippen LogP contribution in [-0.4, -0.2) is 19.8 Å². The number of rotatable bonds is 2. The largest absolute Gasteiger partial charge is 0.486 e. The van der Waals surface area contributed by atoms with Crippen molar-refractivity contribution in [1.29, 1.82) is 0 Å². The van der Waals surface area contributed by atoms with E-state index in [9.17, 15) is 0 Å². The predicted octanol–water partition coefficient (Wildman–Crippen LogP) is 2.52. The number of nitrogens with two attached hydrogens (primary N) is 1. The second-order valence-electron chi connectivity index (χ2n) is 4.87. The topological polar surface area (TPSA) is 44.5 Å². The molecule has 17 heavy (non-hydrogen) atoms. The number of ether oxygens (including phenoxy) is 2. The summed E-state index contributed by atoms with van der Waals surface area (Å²) in [5.41, 5.74) is 8.57. The molecule has 1 fully saturated rings. The van der Waals surface area contributed by atoms with Crippen LogP contribution in [-0.2, 0) is 5.41 Å². The van der Waals surface area contributed by atoms with E-state index >= 15 is 0 Å². The Bertz CT molecular complexity index is 469. The maximum absolute atomic E-state index is 5.92. The monoisotopic (exact) mass is 297 g/mol. The van der Waals surface area contributed by atoms with Crippen molar-refractivity contribution in [1.82, 2.24) is 0 Å². The van der Waals surface area contributed by atoms with Crippen molar-refractivity contribution in [3.8, 4) is 11.5 Å². The van der Waals surface area contributed by atoms with Gasteiger partial charge in [-0.1, -0.05) is 15.9 Å². The molecule has 0 unspecified atom stereocenters. The molecule has 3 rings (SSSR count).